The van der Waals surface area contributed by atoms with Crippen molar-refractivity contribution in [2.24, 2.45) is 5.92 Å². The Balaban J connectivity index is 1.84. The maximum atomic E-state index is 5.49. The van der Waals surface area contributed by atoms with Crippen molar-refractivity contribution in [2.45, 2.75) is 31.7 Å². The molecule has 0 aliphatic heterocycles. The Morgan fingerprint density at radius 1 is 1.20 bits per heavy atom. The predicted molar refractivity (Wildman–Crippen MR) is 87.0 cm³/mol. The molecule has 0 saturated heterocycles. The molecule has 0 bridgehead atoms. The molecule has 3 rings (SSSR count). The highest BCUT2D eigenvalue weighted by atomic mass is 32.1. The molecule has 20 heavy (non-hydrogen) atoms. The molecule has 1 nitrogen and oxygen atoms in total. The van der Waals surface area contributed by atoms with Crippen LogP contribution in [0.25, 0.3) is 0 Å². The minimum absolute atomic E-state index is 0.422. The van der Waals surface area contributed by atoms with Crippen molar-refractivity contribution < 1.29 is 0 Å². The first-order chi connectivity index (χ1) is 9.86. The van der Waals surface area contributed by atoms with Gasteiger partial charge in [0.05, 0.1) is 6.04 Å². The van der Waals surface area contributed by atoms with E-state index in [0.717, 1.165) is 17.2 Å². The molecule has 1 unspecified atom stereocenters. The molecule has 0 radical (unpaired) electrons. The van der Waals surface area contributed by atoms with E-state index in [1.165, 1.54) is 30.6 Å². The van der Waals surface area contributed by atoms with Crippen LogP contribution in [-0.4, -0.2) is 0 Å². The zero-order valence-electron chi connectivity index (χ0n) is 11.5. The SMILES string of the molecule is C#Cc1cccc(NC(c2cccs2)C2CCCC2)c1. The average molecular weight is 281 g/mol. The highest BCUT2D eigenvalue weighted by Gasteiger charge is 2.26. The minimum Gasteiger partial charge on any atom is -0.377 e. The van der Waals surface area contributed by atoms with E-state index in [2.05, 4.69) is 40.9 Å². The van der Waals surface area contributed by atoms with Gasteiger partial charge in [0.15, 0.2) is 0 Å². The fourth-order valence-electron chi connectivity index (χ4n) is 3.06. The van der Waals surface area contributed by atoms with E-state index in [9.17, 15) is 0 Å². The summed E-state index contributed by atoms with van der Waals surface area (Å²) in [6.07, 6.45) is 10.9. The second-order valence-corrected chi connectivity index (χ2v) is 6.39. The molecule has 1 fully saturated rings. The van der Waals surface area contributed by atoms with Gasteiger partial charge in [0.1, 0.15) is 0 Å². The van der Waals surface area contributed by atoms with Gasteiger partial charge >= 0.3 is 0 Å². The summed E-state index contributed by atoms with van der Waals surface area (Å²) >= 11 is 1.84. The lowest BCUT2D eigenvalue weighted by atomic mass is 9.96. The first-order valence-electron chi connectivity index (χ1n) is 7.23. The van der Waals surface area contributed by atoms with Crippen LogP contribution in [0.2, 0.25) is 0 Å². The van der Waals surface area contributed by atoms with Gasteiger partial charge in [-0.3, -0.25) is 0 Å². The number of hydrogen-bond donors (Lipinski definition) is 1. The van der Waals surface area contributed by atoms with E-state index >= 15 is 0 Å². The lowest BCUT2D eigenvalue weighted by Crippen LogP contribution is -2.18. The molecule has 2 aromatic rings. The van der Waals surface area contributed by atoms with Crippen LogP contribution >= 0.6 is 11.3 Å². The van der Waals surface area contributed by atoms with Gasteiger partial charge in [-0.25, -0.2) is 0 Å². The lowest BCUT2D eigenvalue weighted by Gasteiger charge is -2.25. The van der Waals surface area contributed by atoms with E-state index in [0.29, 0.717) is 6.04 Å². The number of terminal acetylenes is 1. The monoisotopic (exact) mass is 281 g/mol. The molecule has 102 valence electrons. The summed E-state index contributed by atoms with van der Waals surface area (Å²) in [7, 11) is 0. The van der Waals surface area contributed by atoms with Crippen molar-refractivity contribution in [1.29, 1.82) is 0 Å². The quantitative estimate of drug-likeness (QED) is 0.771. The van der Waals surface area contributed by atoms with Gasteiger partial charge in [-0.15, -0.1) is 17.8 Å². The standard InChI is InChI=1S/C18H19NS/c1-2-14-7-5-10-16(13-14)19-18(15-8-3-4-9-15)17-11-6-12-20-17/h1,5-7,10-13,15,18-19H,3-4,8-9H2. The van der Waals surface area contributed by atoms with Crippen molar-refractivity contribution in [3.63, 3.8) is 0 Å². The van der Waals surface area contributed by atoms with Gasteiger partial charge in [-0.2, -0.15) is 0 Å². The summed E-state index contributed by atoms with van der Waals surface area (Å²) in [5, 5.41) is 5.88. The van der Waals surface area contributed by atoms with Gasteiger partial charge in [0.25, 0.3) is 0 Å². The molecular formula is C18H19NS. The Morgan fingerprint density at radius 2 is 2.05 bits per heavy atom. The van der Waals surface area contributed by atoms with Crippen LogP contribution in [-0.2, 0) is 0 Å². The lowest BCUT2D eigenvalue weighted by molar-refractivity contribution is 0.475. The van der Waals surface area contributed by atoms with Crippen molar-refractivity contribution in [3.8, 4) is 12.3 Å². The molecule has 0 spiro atoms. The summed E-state index contributed by atoms with van der Waals surface area (Å²) < 4.78 is 0. The molecule has 1 aromatic heterocycles. The first-order valence-corrected chi connectivity index (χ1v) is 8.11. The second-order valence-electron chi connectivity index (χ2n) is 5.41. The van der Waals surface area contributed by atoms with Crippen LogP contribution in [0.1, 0.15) is 42.2 Å². The van der Waals surface area contributed by atoms with Crippen molar-refractivity contribution >= 4 is 17.0 Å². The maximum Gasteiger partial charge on any atom is 0.0634 e. The van der Waals surface area contributed by atoms with E-state index in [1.807, 2.05) is 23.5 Å². The van der Waals surface area contributed by atoms with Gasteiger partial charge in [0.2, 0.25) is 0 Å². The van der Waals surface area contributed by atoms with Crippen LogP contribution < -0.4 is 5.32 Å². The van der Waals surface area contributed by atoms with Crippen LogP contribution in [0.15, 0.2) is 41.8 Å². The van der Waals surface area contributed by atoms with E-state index in [1.54, 1.807) is 0 Å². The van der Waals surface area contributed by atoms with Crippen LogP contribution in [0.5, 0.6) is 0 Å². The fraction of sp³-hybridized carbons (Fsp3) is 0.333. The van der Waals surface area contributed by atoms with E-state index < -0.39 is 0 Å². The molecule has 1 heterocycles. The minimum atomic E-state index is 0.422. The Bertz CT molecular complexity index is 588. The number of anilines is 1. The zero-order chi connectivity index (χ0) is 13.8. The summed E-state index contributed by atoms with van der Waals surface area (Å²) in [5.41, 5.74) is 2.07. The molecule has 1 aliphatic rings. The molecule has 1 N–H and O–H groups in total. The molecule has 1 aliphatic carbocycles. The molecule has 0 amide bonds. The largest absolute Gasteiger partial charge is 0.377 e. The summed E-state index contributed by atoms with van der Waals surface area (Å²) in [4.78, 5) is 1.43. The normalized spacial score (nSPS) is 16.8. The number of rotatable bonds is 4. The van der Waals surface area contributed by atoms with Crippen LogP contribution in [0.4, 0.5) is 5.69 Å². The van der Waals surface area contributed by atoms with Crippen LogP contribution in [0.3, 0.4) is 0 Å². The zero-order valence-corrected chi connectivity index (χ0v) is 12.3. The topological polar surface area (TPSA) is 12.0 Å². The number of hydrogen-bond acceptors (Lipinski definition) is 2. The van der Waals surface area contributed by atoms with Gasteiger partial charge in [0, 0.05) is 16.1 Å². The van der Waals surface area contributed by atoms with Gasteiger partial charge in [-0.1, -0.05) is 30.9 Å². The van der Waals surface area contributed by atoms with Gasteiger partial charge < -0.3 is 5.32 Å². The third-order valence-corrected chi connectivity index (χ3v) is 5.03. The summed E-state index contributed by atoms with van der Waals surface area (Å²) in [5.74, 6) is 3.45. The molecule has 1 atom stereocenters. The third kappa shape index (κ3) is 2.89. The Labute approximate surface area is 125 Å². The molecular weight excluding hydrogens is 262 g/mol. The highest BCUT2D eigenvalue weighted by Crippen LogP contribution is 2.39. The van der Waals surface area contributed by atoms with Crippen molar-refractivity contribution in [3.05, 3.63) is 52.2 Å². The third-order valence-electron chi connectivity index (χ3n) is 4.07. The average Bonchev–Trinajstić information content (AvgIpc) is 3.18. The number of thiophene rings is 1. The fourth-order valence-corrected chi connectivity index (χ4v) is 3.93. The number of nitrogens with one attached hydrogen (secondary N) is 1. The highest BCUT2D eigenvalue weighted by molar-refractivity contribution is 7.10. The van der Waals surface area contributed by atoms with Crippen LogP contribution in [0, 0.1) is 18.3 Å². The first kappa shape index (κ1) is 13.3. The van der Waals surface area contributed by atoms with Crippen molar-refractivity contribution in [2.75, 3.05) is 5.32 Å². The summed E-state index contributed by atoms with van der Waals surface area (Å²) in [6, 6.07) is 13.0. The Morgan fingerprint density at radius 3 is 2.75 bits per heavy atom. The Kier molecular flexibility index (Phi) is 4.08. The number of benzene rings is 1. The summed E-state index contributed by atoms with van der Waals surface area (Å²) in [6.45, 7) is 0. The Hall–Kier alpha value is -1.72. The molecule has 1 aromatic carbocycles. The van der Waals surface area contributed by atoms with E-state index in [-0.39, 0.29) is 0 Å². The van der Waals surface area contributed by atoms with Gasteiger partial charge in [-0.05, 0) is 48.4 Å². The smallest absolute Gasteiger partial charge is 0.0634 e. The molecule has 1 saturated carbocycles. The maximum absolute atomic E-state index is 5.49. The second kappa shape index (κ2) is 6.15. The predicted octanol–water partition coefficient (Wildman–Crippen LogP) is 5.07. The van der Waals surface area contributed by atoms with E-state index in [4.69, 9.17) is 6.42 Å². The molecule has 2 heteroatoms. The van der Waals surface area contributed by atoms with Crippen molar-refractivity contribution in [1.82, 2.24) is 0 Å².